The molecule has 2 aromatic rings. The minimum atomic E-state index is -4.09. The Kier molecular flexibility index (Phi) is 5.73. The second-order valence-electron chi connectivity index (χ2n) is 6.85. The quantitative estimate of drug-likeness (QED) is 0.235. The second-order valence-corrected chi connectivity index (χ2v) is 8.38. The van der Waals surface area contributed by atoms with Gasteiger partial charge in [-0.05, 0) is 22.8 Å². The predicted octanol–water partition coefficient (Wildman–Crippen LogP) is 2.54. The summed E-state index contributed by atoms with van der Waals surface area (Å²) in [4.78, 5) is -0.225. The number of alkyl halides is 2. The maximum Gasteiger partial charge on any atom is 0.251 e. The standard InChI is InChI=1S/C18H20F2N6O2S/c19-18(20)8-13(9-18)24-10-11-4-6-12(7-5-11)14-2-1-3-15(29(23,27)28)16(14)17(21)25-26-22/h1-7,13,24H,8-10H2,(H3,21,22,25)(H2,23,27,28). The smallest absolute Gasteiger partial charge is 0.251 e. The number of benzene rings is 2. The average molecular weight is 422 g/mol. The number of amidine groups is 1. The van der Waals surface area contributed by atoms with Crippen molar-refractivity contribution in [2.24, 2.45) is 21.2 Å². The summed E-state index contributed by atoms with van der Waals surface area (Å²) in [6.45, 7) is 0.437. The number of halogens is 2. The third-order valence-electron chi connectivity index (χ3n) is 4.70. The minimum absolute atomic E-state index is 0.0635. The Morgan fingerprint density at radius 1 is 1.21 bits per heavy atom. The normalized spacial score (nSPS) is 17.0. The second kappa shape index (κ2) is 7.93. The summed E-state index contributed by atoms with van der Waals surface area (Å²) in [6, 6.07) is 11.4. The molecular formula is C18H20F2N6O2S. The molecule has 1 aliphatic rings. The highest BCUT2D eigenvalue weighted by molar-refractivity contribution is 7.89. The van der Waals surface area contributed by atoms with Crippen molar-refractivity contribution in [3.8, 4) is 11.1 Å². The zero-order valence-electron chi connectivity index (χ0n) is 15.3. The molecule has 0 bridgehead atoms. The highest BCUT2D eigenvalue weighted by Crippen LogP contribution is 2.37. The van der Waals surface area contributed by atoms with Crippen molar-refractivity contribution in [3.05, 3.63) is 53.6 Å². The van der Waals surface area contributed by atoms with Gasteiger partial charge in [-0.3, -0.25) is 0 Å². The number of hydrogen-bond donors (Lipinski definition) is 4. The third-order valence-corrected chi connectivity index (χ3v) is 5.65. The van der Waals surface area contributed by atoms with Gasteiger partial charge in [-0.1, -0.05) is 41.6 Å². The van der Waals surface area contributed by atoms with Crippen LogP contribution in [0.4, 0.5) is 8.78 Å². The van der Waals surface area contributed by atoms with E-state index in [0.717, 1.165) is 5.56 Å². The van der Waals surface area contributed by atoms with Gasteiger partial charge in [0.15, 0.2) is 5.84 Å². The van der Waals surface area contributed by atoms with E-state index in [0.29, 0.717) is 17.7 Å². The van der Waals surface area contributed by atoms with Crippen molar-refractivity contribution < 1.29 is 17.2 Å². The average Bonchev–Trinajstić information content (AvgIpc) is 2.64. The number of primary sulfonamides is 1. The molecular weight excluding hydrogens is 402 g/mol. The van der Waals surface area contributed by atoms with Crippen molar-refractivity contribution in [1.82, 2.24) is 5.32 Å². The zero-order valence-corrected chi connectivity index (χ0v) is 16.1. The molecule has 0 unspecified atom stereocenters. The molecule has 154 valence electrons. The van der Waals surface area contributed by atoms with E-state index in [4.69, 9.17) is 16.4 Å². The van der Waals surface area contributed by atoms with Crippen LogP contribution in [-0.4, -0.2) is 26.2 Å². The number of rotatable bonds is 7. The van der Waals surface area contributed by atoms with Gasteiger partial charge in [0.25, 0.3) is 5.92 Å². The number of nitrogens with two attached hydrogens (primary N) is 2. The lowest BCUT2D eigenvalue weighted by Gasteiger charge is -2.35. The minimum Gasteiger partial charge on any atom is -0.382 e. The summed E-state index contributed by atoms with van der Waals surface area (Å²) in [5.74, 6) is -2.82. The highest BCUT2D eigenvalue weighted by atomic mass is 32.2. The lowest BCUT2D eigenvalue weighted by Crippen LogP contribution is -2.48. The van der Waals surface area contributed by atoms with Crippen molar-refractivity contribution in [3.63, 3.8) is 0 Å². The summed E-state index contributed by atoms with van der Waals surface area (Å²) in [5.41, 5.74) is 14.8. The molecule has 0 spiro atoms. The van der Waals surface area contributed by atoms with Crippen LogP contribution in [0, 0.1) is 5.53 Å². The lowest BCUT2D eigenvalue weighted by molar-refractivity contribution is -0.0930. The van der Waals surface area contributed by atoms with Crippen LogP contribution in [0.2, 0.25) is 0 Å². The molecule has 29 heavy (non-hydrogen) atoms. The molecule has 0 atom stereocenters. The van der Waals surface area contributed by atoms with Gasteiger partial charge in [0.05, 0.1) is 4.90 Å². The molecule has 1 saturated carbocycles. The lowest BCUT2D eigenvalue weighted by atomic mass is 9.88. The molecule has 0 amide bonds. The van der Waals surface area contributed by atoms with Gasteiger partial charge in [0.2, 0.25) is 10.0 Å². The van der Waals surface area contributed by atoms with Gasteiger partial charge < -0.3 is 11.1 Å². The Hall–Kier alpha value is -2.76. The molecule has 8 nitrogen and oxygen atoms in total. The van der Waals surface area contributed by atoms with Crippen LogP contribution < -0.4 is 16.2 Å². The first-order valence-corrected chi connectivity index (χ1v) is 10.2. The summed E-state index contributed by atoms with van der Waals surface area (Å²) in [6.07, 6.45) is -0.317. The summed E-state index contributed by atoms with van der Waals surface area (Å²) < 4.78 is 49.7. The Bertz CT molecular complexity index is 1050. The Balaban J connectivity index is 1.88. The SMILES string of the molecule is N=N/N=C(\N)c1c(-c2ccc(CNC3CC(F)(F)C3)cc2)cccc1S(N)(=O)=O. The summed E-state index contributed by atoms with van der Waals surface area (Å²) in [7, 11) is -4.09. The first-order chi connectivity index (χ1) is 13.6. The summed E-state index contributed by atoms with van der Waals surface area (Å²) in [5, 5.41) is 14.7. The molecule has 11 heteroatoms. The van der Waals surface area contributed by atoms with E-state index in [1.807, 2.05) is 0 Å². The number of nitrogens with zero attached hydrogens (tertiary/aromatic N) is 2. The van der Waals surface area contributed by atoms with Gasteiger partial charge in [-0.2, -0.15) is 5.53 Å². The fourth-order valence-corrected chi connectivity index (χ4v) is 4.01. The van der Waals surface area contributed by atoms with E-state index in [-0.39, 0.29) is 35.2 Å². The molecule has 3 rings (SSSR count). The monoisotopic (exact) mass is 422 g/mol. The molecule has 1 aliphatic carbocycles. The van der Waals surface area contributed by atoms with Crippen molar-refractivity contribution >= 4 is 15.9 Å². The Morgan fingerprint density at radius 2 is 1.86 bits per heavy atom. The van der Waals surface area contributed by atoms with Gasteiger partial charge in [-0.25, -0.2) is 22.3 Å². The number of nitrogens with one attached hydrogen (secondary N) is 2. The Labute approximate surface area is 166 Å². The van der Waals surface area contributed by atoms with E-state index in [1.54, 1.807) is 30.3 Å². The molecule has 0 aromatic heterocycles. The van der Waals surface area contributed by atoms with E-state index in [1.165, 1.54) is 12.1 Å². The largest absolute Gasteiger partial charge is 0.382 e. The maximum absolute atomic E-state index is 12.9. The van der Waals surface area contributed by atoms with E-state index < -0.39 is 15.9 Å². The van der Waals surface area contributed by atoms with Crippen LogP contribution in [0.3, 0.4) is 0 Å². The van der Waals surface area contributed by atoms with E-state index in [2.05, 4.69) is 15.6 Å². The number of hydrogen-bond acceptors (Lipinski definition) is 5. The van der Waals surface area contributed by atoms with Gasteiger partial charge in [0, 0.05) is 31.0 Å². The molecule has 6 N–H and O–H groups in total. The molecule has 2 aromatic carbocycles. The fraction of sp³-hybridized carbons (Fsp3) is 0.278. The molecule has 0 saturated heterocycles. The van der Waals surface area contributed by atoms with Crippen molar-refractivity contribution in [2.45, 2.75) is 36.2 Å². The molecule has 0 heterocycles. The van der Waals surface area contributed by atoms with Gasteiger partial charge >= 0.3 is 0 Å². The topological polar surface area (TPSA) is 147 Å². The van der Waals surface area contributed by atoms with E-state index >= 15 is 0 Å². The Morgan fingerprint density at radius 3 is 2.41 bits per heavy atom. The van der Waals surface area contributed by atoms with Crippen LogP contribution in [0.1, 0.15) is 24.0 Å². The first-order valence-electron chi connectivity index (χ1n) is 8.67. The van der Waals surface area contributed by atoms with E-state index in [9.17, 15) is 17.2 Å². The third kappa shape index (κ3) is 4.81. The van der Waals surface area contributed by atoms with Gasteiger partial charge in [-0.15, -0.1) is 5.10 Å². The van der Waals surface area contributed by atoms with Crippen LogP contribution in [0.15, 0.2) is 57.7 Å². The highest BCUT2D eigenvalue weighted by Gasteiger charge is 2.44. The molecule has 0 aliphatic heterocycles. The molecule has 1 fully saturated rings. The van der Waals surface area contributed by atoms with Crippen LogP contribution in [-0.2, 0) is 16.6 Å². The number of sulfonamides is 1. The van der Waals surface area contributed by atoms with Gasteiger partial charge in [0.1, 0.15) is 0 Å². The predicted molar refractivity (Wildman–Crippen MR) is 104 cm³/mol. The van der Waals surface area contributed by atoms with Crippen molar-refractivity contribution in [1.29, 1.82) is 5.53 Å². The maximum atomic E-state index is 12.9. The van der Waals surface area contributed by atoms with Crippen LogP contribution in [0.5, 0.6) is 0 Å². The summed E-state index contributed by atoms with van der Waals surface area (Å²) >= 11 is 0. The van der Waals surface area contributed by atoms with Crippen LogP contribution >= 0.6 is 0 Å². The van der Waals surface area contributed by atoms with Crippen LogP contribution in [0.25, 0.3) is 11.1 Å². The first kappa shape index (κ1) is 21.0. The fourth-order valence-electron chi connectivity index (χ4n) is 3.25. The molecule has 0 radical (unpaired) electrons. The zero-order chi connectivity index (χ0) is 21.2. The van der Waals surface area contributed by atoms with Crippen molar-refractivity contribution in [2.75, 3.05) is 0 Å².